The number of rotatable bonds is 0. The van der Waals surface area contributed by atoms with Gasteiger partial charge in [0.2, 0.25) is 0 Å². The van der Waals surface area contributed by atoms with Crippen molar-refractivity contribution in [1.82, 2.24) is 10.2 Å². The summed E-state index contributed by atoms with van der Waals surface area (Å²) in [5, 5.41) is 3.58. The second kappa shape index (κ2) is 3.25. The number of nitrogens with one attached hydrogen (secondary N) is 1. The van der Waals surface area contributed by atoms with Gasteiger partial charge in [-0.2, -0.15) is 0 Å². The first kappa shape index (κ1) is 11.0. The molecule has 0 bridgehead atoms. The van der Waals surface area contributed by atoms with Crippen molar-refractivity contribution in [1.29, 1.82) is 0 Å². The molecular formula is C11H24N2. The molecular weight excluding hydrogens is 160 g/mol. The average Bonchev–Trinajstić information content (AvgIpc) is 2.27. The van der Waals surface area contributed by atoms with Gasteiger partial charge in [0.15, 0.2) is 0 Å². The Balaban J connectivity index is 2.76. The van der Waals surface area contributed by atoms with Crippen LogP contribution in [0, 0.1) is 5.41 Å². The molecule has 1 saturated heterocycles. The molecule has 2 heteroatoms. The lowest BCUT2D eigenvalue weighted by Gasteiger charge is -2.42. The highest BCUT2D eigenvalue weighted by molar-refractivity contribution is 4.92. The van der Waals surface area contributed by atoms with E-state index in [4.69, 9.17) is 0 Å². The molecule has 1 unspecified atom stereocenters. The van der Waals surface area contributed by atoms with Gasteiger partial charge in [-0.1, -0.05) is 20.8 Å². The first-order valence-corrected chi connectivity index (χ1v) is 5.23. The second-order valence-corrected chi connectivity index (χ2v) is 6.09. The summed E-state index contributed by atoms with van der Waals surface area (Å²) < 4.78 is 0. The molecule has 1 atom stereocenters. The quantitative estimate of drug-likeness (QED) is 0.620. The van der Waals surface area contributed by atoms with E-state index in [0.717, 1.165) is 6.54 Å². The third kappa shape index (κ3) is 2.44. The lowest BCUT2D eigenvalue weighted by atomic mass is 9.89. The molecule has 0 spiro atoms. The maximum absolute atomic E-state index is 3.58. The van der Waals surface area contributed by atoms with Crippen molar-refractivity contribution in [3.05, 3.63) is 0 Å². The smallest absolute Gasteiger partial charge is 0.0652 e. The van der Waals surface area contributed by atoms with E-state index in [9.17, 15) is 0 Å². The van der Waals surface area contributed by atoms with Crippen LogP contribution in [0.5, 0.6) is 0 Å². The fraction of sp³-hybridized carbons (Fsp3) is 1.00. The minimum atomic E-state index is 0.279. The van der Waals surface area contributed by atoms with E-state index in [2.05, 4.69) is 51.8 Å². The number of hydrogen-bond acceptors (Lipinski definition) is 2. The Hall–Kier alpha value is -0.0800. The van der Waals surface area contributed by atoms with Gasteiger partial charge in [-0.05, 0) is 26.2 Å². The molecule has 13 heavy (non-hydrogen) atoms. The van der Waals surface area contributed by atoms with Crippen LogP contribution < -0.4 is 5.32 Å². The van der Waals surface area contributed by atoms with Crippen LogP contribution in [0.4, 0.5) is 0 Å². The van der Waals surface area contributed by atoms with Gasteiger partial charge in [0.1, 0.15) is 0 Å². The Morgan fingerprint density at radius 3 is 1.92 bits per heavy atom. The van der Waals surface area contributed by atoms with Crippen molar-refractivity contribution in [2.24, 2.45) is 5.41 Å². The zero-order valence-corrected chi connectivity index (χ0v) is 9.94. The van der Waals surface area contributed by atoms with Crippen LogP contribution in [-0.2, 0) is 0 Å². The fourth-order valence-corrected chi connectivity index (χ4v) is 2.06. The summed E-state index contributed by atoms with van der Waals surface area (Å²) in [6, 6.07) is 0. The van der Waals surface area contributed by atoms with Crippen molar-refractivity contribution >= 4 is 0 Å². The van der Waals surface area contributed by atoms with E-state index in [0.29, 0.717) is 11.6 Å². The van der Waals surface area contributed by atoms with E-state index in [-0.39, 0.29) is 5.54 Å². The largest absolute Gasteiger partial charge is 0.300 e. The Labute approximate surface area is 82.7 Å². The van der Waals surface area contributed by atoms with Crippen molar-refractivity contribution in [3.63, 3.8) is 0 Å². The van der Waals surface area contributed by atoms with Gasteiger partial charge in [0.05, 0.1) is 6.17 Å². The molecule has 0 aliphatic carbocycles. The van der Waals surface area contributed by atoms with Crippen molar-refractivity contribution in [2.75, 3.05) is 13.1 Å². The third-order valence-electron chi connectivity index (χ3n) is 2.68. The van der Waals surface area contributed by atoms with Gasteiger partial charge in [-0.25, -0.2) is 0 Å². The predicted molar refractivity (Wildman–Crippen MR) is 57.7 cm³/mol. The molecule has 1 N–H and O–H groups in total. The lowest BCUT2D eigenvalue weighted by molar-refractivity contribution is 0.0484. The van der Waals surface area contributed by atoms with Gasteiger partial charge in [-0.3, -0.25) is 10.2 Å². The molecule has 0 amide bonds. The van der Waals surface area contributed by atoms with Crippen LogP contribution in [0.2, 0.25) is 0 Å². The van der Waals surface area contributed by atoms with Crippen LogP contribution in [-0.4, -0.2) is 29.7 Å². The molecule has 0 aromatic rings. The maximum atomic E-state index is 3.58. The molecule has 2 nitrogen and oxygen atoms in total. The normalized spacial score (nSPS) is 26.8. The first-order chi connectivity index (χ1) is 5.73. The number of hydrogen-bond donors (Lipinski definition) is 1. The molecule has 0 aromatic carbocycles. The lowest BCUT2D eigenvalue weighted by Crippen LogP contribution is -2.53. The van der Waals surface area contributed by atoms with Crippen LogP contribution in [0.3, 0.4) is 0 Å². The number of nitrogens with zero attached hydrogens (tertiary/aromatic N) is 1. The van der Waals surface area contributed by atoms with Crippen molar-refractivity contribution in [3.8, 4) is 0 Å². The highest BCUT2D eigenvalue weighted by Crippen LogP contribution is 2.29. The molecule has 1 fully saturated rings. The van der Waals surface area contributed by atoms with Gasteiger partial charge in [0, 0.05) is 18.6 Å². The fourth-order valence-electron chi connectivity index (χ4n) is 2.06. The summed E-state index contributed by atoms with van der Waals surface area (Å²) in [5.41, 5.74) is 0.602. The molecule has 0 radical (unpaired) electrons. The molecule has 1 aliphatic heterocycles. The van der Waals surface area contributed by atoms with Crippen molar-refractivity contribution < 1.29 is 0 Å². The summed E-state index contributed by atoms with van der Waals surface area (Å²) in [4.78, 5) is 2.56. The summed E-state index contributed by atoms with van der Waals surface area (Å²) in [6.45, 7) is 16.1. The molecule has 0 aromatic heterocycles. The van der Waals surface area contributed by atoms with E-state index in [1.165, 1.54) is 6.54 Å². The summed E-state index contributed by atoms with van der Waals surface area (Å²) in [6.07, 6.45) is 0.521. The monoisotopic (exact) mass is 184 g/mol. The van der Waals surface area contributed by atoms with Gasteiger partial charge >= 0.3 is 0 Å². The Morgan fingerprint density at radius 1 is 1.08 bits per heavy atom. The second-order valence-electron chi connectivity index (χ2n) is 6.09. The SMILES string of the molecule is CC(C)(C)C1NCCN1C(C)(C)C. The zero-order valence-electron chi connectivity index (χ0n) is 9.94. The van der Waals surface area contributed by atoms with E-state index in [1.54, 1.807) is 0 Å². The minimum Gasteiger partial charge on any atom is -0.300 e. The van der Waals surface area contributed by atoms with E-state index >= 15 is 0 Å². The van der Waals surface area contributed by atoms with Gasteiger partial charge < -0.3 is 0 Å². The average molecular weight is 184 g/mol. The molecule has 1 rings (SSSR count). The highest BCUT2D eigenvalue weighted by Gasteiger charge is 2.38. The standard InChI is InChI=1S/C11H24N2/c1-10(2,3)9-12-7-8-13(9)11(4,5)6/h9,12H,7-8H2,1-6H3. The van der Waals surface area contributed by atoms with Crippen LogP contribution in [0.1, 0.15) is 41.5 Å². The van der Waals surface area contributed by atoms with E-state index in [1.807, 2.05) is 0 Å². The summed E-state index contributed by atoms with van der Waals surface area (Å²) >= 11 is 0. The third-order valence-corrected chi connectivity index (χ3v) is 2.68. The van der Waals surface area contributed by atoms with Crippen LogP contribution in [0.15, 0.2) is 0 Å². The van der Waals surface area contributed by atoms with Gasteiger partial charge in [0.25, 0.3) is 0 Å². The predicted octanol–water partition coefficient (Wildman–Crippen LogP) is 2.06. The first-order valence-electron chi connectivity index (χ1n) is 5.23. The molecule has 78 valence electrons. The summed E-state index contributed by atoms with van der Waals surface area (Å²) in [5.74, 6) is 0. The Morgan fingerprint density at radius 2 is 1.62 bits per heavy atom. The Bertz CT molecular complexity index is 154. The minimum absolute atomic E-state index is 0.279. The Kier molecular flexibility index (Phi) is 2.75. The van der Waals surface area contributed by atoms with Gasteiger partial charge in [-0.15, -0.1) is 0 Å². The maximum Gasteiger partial charge on any atom is 0.0652 e. The molecule has 1 aliphatic rings. The van der Waals surface area contributed by atoms with Crippen LogP contribution >= 0.6 is 0 Å². The topological polar surface area (TPSA) is 15.3 Å². The van der Waals surface area contributed by atoms with Crippen molar-refractivity contribution in [2.45, 2.75) is 53.2 Å². The molecule has 0 saturated carbocycles. The van der Waals surface area contributed by atoms with E-state index < -0.39 is 0 Å². The zero-order chi connectivity index (χ0) is 10.3. The highest BCUT2D eigenvalue weighted by atomic mass is 15.4. The van der Waals surface area contributed by atoms with Crippen LogP contribution in [0.25, 0.3) is 0 Å². The summed E-state index contributed by atoms with van der Waals surface area (Å²) in [7, 11) is 0. The molecule has 1 heterocycles.